The zero-order valence-corrected chi connectivity index (χ0v) is 18.6. The molecule has 0 spiro atoms. The van der Waals surface area contributed by atoms with E-state index in [0.717, 1.165) is 5.56 Å². The van der Waals surface area contributed by atoms with E-state index in [4.69, 9.17) is 25.8 Å². The number of nitrogens with zero attached hydrogens (tertiary/aromatic N) is 1. The van der Waals surface area contributed by atoms with Crippen LogP contribution in [-0.4, -0.2) is 64.3 Å². The summed E-state index contributed by atoms with van der Waals surface area (Å²) in [5.41, 5.74) is 1.40. The molecule has 1 aliphatic rings. The van der Waals surface area contributed by atoms with Gasteiger partial charge >= 0.3 is 0 Å². The Balaban J connectivity index is 1.89. The van der Waals surface area contributed by atoms with E-state index in [9.17, 15) is 9.59 Å². The van der Waals surface area contributed by atoms with Crippen molar-refractivity contribution in [3.05, 3.63) is 58.6 Å². The highest BCUT2D eigenvalue weighted by Crippen LogP contribution is 2.39. The van der Waals surface area contributed by atoms with Crippen LogP contribution in [0.3, 0.4) is 0 Å². The summed E-state index contributed by atoms with van der Waals surface area (Å²) in [6.07, 6.45) is 0. The first kappa shape index (κ1) is 22.9. The van der Waals surface area contributed by atoms with Crippen molar-refractivity contribution in [2.24, 2.45) is 5.92 Å². The van der Waals surface area contributed by atoms with Crippen LogP contribution in [0.1, 0.15) is 21.8 Å². The number of nitrogens with one attached hydrogen (secondary N) is 1. The summed E-state index contributed by atoms with van der Waals surface area (Å²) in [5, 5.41) is 3.47. The topological polar surface area (TPSA) is 77.1 Å². The van der Waals surface area contributed by atoms with E-state index >= 15 is 0 Å². The van der Waals surface area contributed by atoms with Gasteiger partial charge in [-0.2, -0.15) is 0 Å². The first-order valence-corrected chi connectivity index (χ1v) is 10.4. The number of carbonyl (C=O) groups is 2. The minimum absolute atomic E-state index is 0.119. The molecule has 1 heterocycles. The summed E-state index contributed by atoms with van der Waals surface area (Å²) in [5.74, 6) is 0.385. The molecule has 2 aromatic carbocycles. The predicted octanol–water partition coefficient (Wildman–Crippen LogP) is 2.98. The maximum Gasteiger partial charge on any atom is 0.253 e. The van der Waals surface area contributed by atoms with Crippen molar-refractivity contribution in [1.82, 2.24) is 10.2 Å². The van der Waals surface area contributed by atoms with E-state index in [1.165, 1.54) is 0 Å². The maximum absolute atomic E-state index is 13.1. The highest BCUT2D eigenvalue weighted by atomic mass is 35.5. The van der Waals surface area contributed by atoms with Crippen LogP contribution in [-0.2, 0) is 9.53 Å². The Bertz CT molecular complexity index is 919. The quantitative estimate of drug-likeness (QED) is 0.631. The van der Waals surface area contributed by atoms with E-state index in [1.54, 1.807) is 56.6 Å². The van der Waals surface area contributed by atoms with Crippen LogP contribution in [0.5, 0.6) is 11.5 Å². The largest absolute Gasteiger partial charge is 0.497 e. The second-order valence-electron chi connectivity index (χ2n) is 7.32. The molecule has 8 heteroatoms. The van der Waals surface area contributed by atoms with Crippen LogP contribution in [0.15, 0.2) is 42.5 Å². The molecule has 0 aromatic heterocycles. The lowest BCUT2D eigenvalue weighted by Gasteiger charge is -2.21. The van der Waals surface area contributed by atoms with Gasteiger partial charge in [-0.3, -0.25) is 9.59 Å². The lowest BCUT2D eigenvalue weighted by Crippen LogP contribution is -2.37. The van der Waals surface area contributed by atoms with Crippen molar-refractivity contribution in [3.63, 3.8) is 0 Å². The molecule has 1 saturated heterocycles. The second-order valence-corrected chi connectivity index (χ2v) is 7.76. The molecule has 31 heavy (non-hydrogen) atoms. The molecule has 1 N–H and O–H groups in total. The maximum atomic E-state index is 13.1. The number of hydrogen-bond donors (Lipinski definition) is 1. The fourth-order valence-corrected chi connectivity index (χ4v) is 3.98. The summed E-state index contributed by atoms with van der Waals surface area (Å²) in [7, 11) is 4.75. The molecule has 2 aromatic rings. The van der Waals surface area contributed by atoms with Crippen molar-refractivity contribution in [3.8, 4) is 11.5 Å². The highest BCUT2D eigenvalue weighted by molar-refractivity contribution is 6.30. The number of carbonyl (C=O) groups excluding carboxylic acids is 2. The zero-order chi connectivity index (χ0) is 22.4. The van der Waals surface area contributed by atoms with Crippen LogP contribution in [0.4, 0.5) is 0 Å². The average Bonchev–Trinajstić information content (AvgIpc) is 3.24. The molecule has 7 nitrogen and oxygen atoms in total. The molecule has 0 aliphatic carbocycles. The molecule has 1 fully saturated rings. The average molecular weight is 447 g/mol. The molecule has 3 rings (SSSR count). The Morgan fingerprint density at radius 3 is 2.45 bits per heavy atom. The first-order chi connectivity index (χ1) is 15.0. The molecule has 0 radical (unpaired) electrons. The number of methoxy groups -OCH3 is 3. The monoisotopic (exact) mass is 446 g/mol. The molecule has 1 aliphatic heterocycles. The van der Waals surface area contributed by atoms with Gasteiger partial charge in [0.15, 0.2) is 0 Å². The number of likely N-dealkylation sites (tertiary alicyclic amines) is 1. The fourth-order valence-electron chi connectivity index (χ4n) is 3.86. The van der Waals surface area contributed by atoms with Crippen molar-refractivity contribution < 1.29 is 23.8 Å². The van der Waals surface area contributed by atoms with Gasteiger partial charge in [0.2, 0.25) is 5.91 Å². The number of benzene rings is 2. The SMILES string of the molecule is COCCNC(=O)[C@H]1CN(C(=O)c2ccc(Cl)cc2)C[C@H]1c1ccc(OC)cc1OC. The molecule has 0 bridgehead atoms. The van der Waals surface area contributed by atoms with Crippen LogP contribution >= 0.6 is 11.6 Å². The molecule has 0 unspecified atom stereocenters. The second kappa shape index (κ2) is 10.5. The van der Waals surface area contributed by atoms with E-state index in [0.29, 0.717) is 48.3 Å². The van der Waals surface area contributed by atoms with Gasteiger partial charge in [0.05, 0.1) is 26.7 Å². The summed E-state index contributed by atoms with van der Waals surface area (Å²) in [4.78, 5) is 27.8. The summed E-state index contributed by atoms with van der Waals surface area (Å²) >= 11 is 5.95. The smallest absolute Gasteiger partial charge is 0.253 e. The lowest BCUT2D eigenvalue weighted by molar-refractivity contribution is -0.125. The number of halogens is 1. The van der Waals surface area contributed by atoms with Gasteiger partial charge in [0, 0.05) is 54.9 Å². The summed E-state index contributed by atoms with van der Waals surface area (Å²) < 4.78 is 15.9. The zero-order valence-electron chi connectivity index (χ0n) is 17.9. The van der Waals surface area contributed by atoms with Crippen LogP contribution in [0.2, 0.25) is 5.02 Å². The standard InChI is InChI=1S/C23H27ClN2O5/c1-29-11-10-25-22(27)20-14-26(23(28)15-4-6-16(24)7-5-15)13-19(20)18-9-8-17(30-2)12-21(18)31-3/h4-9,12,19-20H,10-11,13-14H2,1-3H3,(H,25,27)/t19-,20-/m0/s1. The van der Waals surface area contributed by atoms with Gasteiger partial charge in [-0.15, -0.1) is 0 Å². The van der Waals surface area contributed by atoms with Gasteiger partial charge in [0.1, 0.15) is 11.5 Å². The number of rotatable bonds is 8. The third-order valence-corrected chi connectivity index (χ3v) is 5.73. The minimum Gasteiger partial charge on any atom is -0.497 e. The normalized spacial score (nSPS) is 18.0. The Morgan fingerprint density at radius 2 is 1.81 bits per heavy atom. The van der Waals surface area contributed by atoms with Crippen LogP contribution in [0, 0.1) is 5.92 Å². The fraction of sp³-hybridized carbons (Fsp3) is 0.391. The van der Waals surface area contributed by atoms with Crippen molar-refractivity contribution >= 4 is 23.4 Å². The minimum atomic E-state index is -0.421. The summed E-state index contributed by atoms with van der Waals surface area (Å²) in [6.45, 7) is 1.53. The lowest BCUT2D eigenvalue weighted by atomic mass is 9.87. The third kappa shape index (κ3) is 5.29. The van der Waals surface area contributed by atoms with E-state index in [-0.39, 0.29) is 17.7 Å². The predicted molar refractivity (Wildman–Crippen MR) is 118 cm³/mol. The first-order valence-electron chi connectivity index (χ1n) is 10.0. The Kier molecular flexibility index (Phi) is 7.76. The van der Waals surface area contributed by atoms with Gasteiger partial charge in [-0.05, 0) is 30.3 Å². The summed E-state index contributed by atoms with van der Waals surface area (Å²) in [6, 6.07) is 12.3. The van der Waals surface area contributed by atoms with Crippen LogP contribution in [0.25, 0.3) is 0 Å². The highest BCUT2D eigenvalue weighted by Gasteiger charge is 2.41. The number of ether oxygens (including phenoxy) is 3. The van der Waals surface area contributed by atoms with Crippen molar-refractivity contribution in [2.45, 2.75) is 5.92 Å². The van der Waals surface area contributed by atoms with Crippen molar-refractivity contribution in [2.75, 3.05) is 47.6 Å². The molecule has 2 atom stereocenters. The Labute approximate surface area is 187 Å². The van der Waals surface area contributed by atoms with E-state index in [2.05, 4.69) is 5.32 Å². The van der Waals surface area contributed by atoms with E-state index < -0.39 is 5.92 Å². The van der Waals surface area contributed by atoms with Gasteiger partial charge in [-0.25, -0.2) is 0 Å². The molecule has 166 valence electrons. The number of hydrogen-bond acceptors (Lipinski definition) is 5. The molecule has 2 amide bonds. The molecule has 0 saturated carbocycles. The molecular formula is C23H27ClN2O5. The number of amides is 2. The van der Waals surface area contributed by atoms with Gasteiger partial charge < -0.3 is 24.4 Å². The van der Waals surface area contributed by atoms with E-state index in [1.807, 2.05) is 12.1 Å². The van der Waals surface area contributed by atoms with Gasteiger partial charge in [0.25, 0.3) is 5.91 Å². The Hall–Kier alpha value is -2.77. The Morgan fingerprint density at radius 1 is 1.06 bits per heavy atom. The van der Waals surface area contributed by atoms with Crippen LogP contribution < -0.4 is 14.8 Å². The van der Waals surface area contributed by atoms with Gasteiger partial charge in [-0.1, -0.05) is 17.7 Å². The molecular weight excluding hydrogens is 420 g/mol. The van der Waals surface area contributed by atoms with Crippen molar-refractivity contribution in [1.29, 1.82) is 0 Å². The third-order valence-electron chi connectivity index (χ3n) is 5.48.